The molecule has 0 aliphatic carbocycles. The van der Waals surface area contributed by atoms with Crippen LogP contribution in [0.4, 0.5) is 10.5 Å². The summed E-state index contributed by atoms with van der Waals surface area (Å²) in [6.45, 7) is 5.29. The molecule has 3 N–H and O–H groups in total. The smallest absolute Gasteiger partial charge is 0.412 e. The number of hydrogen-bond donors (Lipinski definition) is 3. The Morgan fingerprint density at radius 1 is 1.07 bits per heavy atom. The van der Waals surface area contributed by atoms with Gasteiger partial charge in [0.25, 0.3) is 0 Å². The molecule has 7 nitrogen and oxygen atoms in total. The molecule has 2 aromatic carbocycles. The molecule has 0 saturated heterocycles. The van der Waals surface area contributed by atoms with Crippen molar-refractivity contribution >= 4 is 17.6 Å². The summed E-state index contributed by atoms with van der Waals surface area (Å²) in [4.78, 5) is 24.0. The minimum absolute atomic E-state index is 0.0539. The molecule has 162 valence electrons. The van der Waals surface area contributed by atoms with Crippen LogP contribution in [-0.2, 0) is 4.74 Å². The van der Waals surface area contributed by atoms with Crippen LogP contribution < -0.4 is 10.1 Å². The summed E-state index contributed by atoms with van der Waals surface area (Å²) in [5.74, 6) is 0.494. The van der Waals surface area contributed by atoms with E-state index < -0.39 is 17.6 Å². The number of amides is 1. The van der Waals surface area contributed by atoms with Crippen LogP contribution in [0, 0.1) is 5.41 Å². The van der Waals surface area contributed by atoms with Crippen molar-refractivity contribution in [2.45, 2.75) is 33.3 Å². The summed E-state index contributed by atoms with van der Waals surface area (Å²) in [5.41, 5.74) is 1.21. The molecule has 0 heterocycles. The van der Waals surface area contributed by atoms with Crippen molar-refractivity contribution in [1.29, 1.82) is 0 Å². The normalized spacial score (nSPS) is 12.2. The summed E-state index contributed by atoms with van der Waals surface area (Å²) in [6.07, 6.45) is -0.887. The van der Waals surface area contributed by atoms with Crippen molar-refractivity contribution in [2.75, 3.05) is 25.1 Å². The van der Waals surface area contributed by atoms with Crippen LogP contribution in [0.5, 0.6) is 5.75 Å². The molecule has 1 atom stereocenters. The van der Waals surface area contributed by atoms with Crippen LogP contribution in [0.2, 0.25) is 0 Å². The predicted octanol–water partition coefficient (Wildman–Crippen LogP) is 3.96. The lowest BCUT2D eigenvalue weighted by Crippen LogP contribution is -2.29. The van der Waals surface area contributed by atoms with Gasteiger partial charge in [0.2, 0.25) is 0 Å². The number of benzene rings is 2. The molecule has 0 spiro atoms. The zero-order chi connectivity index (χ0) is 22.1. The van der Waals surface area contributed by atoms with Crippen LogP contribution in [0.1, 0.15) is 49.2 Å². The van der Waals surface area contributed by atoms with E-state index in [1.807, 2.05) is 19.9 Å². The Balaban J connectivity index is 2.21. The second kappa shape index (κ2) is 10.8. The Morgan fingerprint density at radius 2 is 1.77 bits per heavy atom. The average molecular weight is 415 g/mol. The van der Waals surface area contributed by atoms with Crippen LogP contribution in [0.3, 0.4) is 0 Å². The number of nitrogens with one attached hydrogen (secondary N) is 1. The zero-order valence-corrected chi connectivity index (χ0v) is 17.6. The second-order valence-electron chi connectivity index (χ2n) is 7.65. The van der Waals surface area contributed by atoms with Crippen molar-refractivity contribution in [3.05, 3.63) is 59.7 Å². The van der Waals surface area contributed by atoms with E-state index in [-0.39, 0.29) is 25.6 Å². The van der Waals surface area contributed by atoms with E-state index in [0.29, 0.717) is 29.0 Å². The third kappa shape index (κ3) is 6.57. The molecule has 30 heavy (non-hydrogen) atoms. The lowest BCUT2D eigenvalue weighted by molar-refractivity contribution is 0.0150. The van der Waals surface area contributed by atoms with Crippen molar-refractivity contribution in [2.24, 2.45) is 5.41 Å². The molecule has 7 heteroatoms. The van der Waals surface area contributed by atoms with E-state index in [1.54, 1.807) is 42.5 Å². The van der Waals surface area contributed by atoms with Crippen LogP contribution in [0.15, 0.2) is 48.5 Å². The summed E-state index contributed by atoms with van der Waals surface area (Å²) < 4.78 is 11.2. The number of anilines is 1. The SMILES string of the molecule is CC(=O)c1ccc(NC(=O)O[C@H](c2cccc(OCCO)c2)C(C)(C)CCO)cc1. The molecule has 0 fully saturated rings. The fourth-order valence-corrected chi connectivity index (χ4v) is 3.07. The second-order valence-corrected chi connectivity index (χ2v) is 7.65. The Bertz CT molecular complexity index is 847. The monoisotopic (exact) mass is 415 g/mol. The van der Waals surface area contributed by atoms with E-state index in [4.69, 9.17) is 14.6 Å². The van der Waals surface area contributed by atoms with Gasteiger partial charge in [-0.05, 0) is 55.3 Å². The number of carbonyl (C=O) groups is 2. The molecule has 0 saturated carbocycles. The van der Waals surface area contributed by atoms with Gasteiger partial charge < -0.3 is 19.7 Å². The quantitative estimate of drug-likeness (QED) is 0.507. The van der Waals surface area contributed by atoms with E-state index >= 15 is 0 Å². The summed E-state index contributed by atoms with van der Waals surface area (Å²) in [6, 6.07) is 13.7. The number of aliphatic hydroxyl groups is 2. The fraction of sp³-hybridized carbons (Fsp3) is 0.391. The van der Waals surface area contributed by atoms with E-state index in [1.165, 1.54) is 6.92 Å². The van der Waals surface area contributed by atoms with Gasteiger partial charge in [-0.3, -0.25) is 10.1 Å². The molecule has 0 aliphatic rings. The lowest BCUT2D eigenvalue weighted by Gasteiger charge is -2.34. The third-order valence-electron chi connectivity index (χ3n) is 4.75. The van der Waals surface area contributed by atoms with Gasteiger partial charge in [-0.1, -0.05) is 26.0 Å². The summed E-state index contributed by atoms with van der Waals surface area (Å²) >= 11 is 0. The molecule has 0 aliphatic heterocycles. The van der Waals surface area contributed by atoms with Crippen LogP contribution in [-0.4, -0.2) is 41.9 Å². The van der Waals surface area contributed by atoms with E-state index in [9.17, 15) is 14.7 Å². The molecule has 1 amide bonds. The first kappa shape index (κ1) is 23.4. The van der Waals surface area contributed by atoms with Gasteiger partial charge in [0, 0.05) is 23.3 Å². The lowest BCUT2D eigenvalue weighted by atomic mass is 9.80. The van der Waals surface area contributed by atoms with Gasteiger partial charge in [-0.25, -0.2) is 4.79 Å². The highest BCUT2D eigenvalue weighted by atomic mass is 16.6. The molecule has 0 aromatic heterocycles. The third-order valence-corrected chi connectivity index (χ3v) is 4.75. The van der Waals surface area contributed by atoms with Crippen LogP contribution in [0.25, 0.3) is 0 Å². The topological polar surface area (TPSA) is 105 Å². The molecule has 0 radical (unpaired) electrons. The van der Waals surface area contributed by atoms with Crippen molar-refractivity contribution in [3.8, 4) is 5.75 Å². The number of aliphatic hydroxyl groups excluding tert-OH is 2. The first-order valence-corrected chi connectivity index (χ1v) is 9.80. The highest BCUT2D eigenvalue weighted by Crippen LogP contribution is 2.40. The van der Waals surface area contributed by atoms with E-state index in [2.05, 4.69) is 5.32 Å². The summed E-state index contributed by atoms with van der Waals surface area (Å²) in [5, 5.41) is 21.1. The number of ether oxygens (including phenoxy) is 2. The first-order chi connectivity index (χ1) is 14.3. The number of carbonyl (C=O) groups excluding carboxylic acids is 2. The van der Waals surface area contributed by atoms with Crippen molar-refractivity contribution in [1.82, 2.24) is 0 Å². The minimum Gasteiger partial charge on any atom is -0.491 e. The minimum atomic E-state index is -0.654. The molecule has 0 unspecified atom stereocenters. The van der Waals surface area contributed by atoms with Gasteiger partial charge in [0.15, 0.2) is 5.78 Å². The molecule has 2 rings (SSSR count). The maximum absolute atomic E-state index is 12.6. The zero-order valence-electron chi connectivity index (χ0n) is 17.6. The number of Topliss-reactive ketones (excluding diaryl/α,β-unsaturated/α-hetero) is 1. The first-order valence-electron chi connectivity index (χ1n) is 9.80. The maximum Gasteiger partial charge on any atom is 0.412 e. The van der Waals surface area contributed by atoms with Gasteiger partial charge in [0.05, 0.1) is 6.61 Å². The Labute approximate surface area is 176 Å². The Morgan fingerprint density at radius 3 is 2.37 bits per heavy atom. The van der Waals surface area contributed by atoms with E-state index in [0.717, 1.165) is 0 Å². The summed E-state index contributed by atoms with van der Waals surface area (Å²) in [7, 11) is 0. The Kier molecular flexibility index (Phi) is 8.38. The fourth-order valence-electron chi connectivity index (χ4n) is 3.07. The number of ketones is 1. The number of hydrogen-bond acceptors (Lipinski definition) is 6. The maximum atomic E-state index is 12.6. The highest BCUT2D eigenvalue weighted by molar-refractivity contribution is 5.95. The molecule has 2 aromatic rings. The van der Waals surface area contributed by atoms with Crippen LogP contribution >= 0.6 is 0 Å². The molecular weight excluding hydrogens is 386 g/mol. The molecular formula is C23H29NO6. The Hall–Kier alpha value is -2.90. The molecule has 0 bridgehead atoms. The highest BCUT2D eigenvalue weighted by Gasteiger charge is 2.34. The van der Waals surface area contributed by atoms with Gasteiger partial charge in [-0.2, -0.15) is 0 Å². The van der Waals surface area contributed by atoms with Gasteiger partial charge in [0.1, 0.15) is 18.5 Å². The van der Waals surface area contributed by atoms with Gasteiger partial charge >= 0.3 is 6.09 Å². The average Bonchev–Trinajstić information content (AvgIpc) is 2.71. The number of rotatable bonds is 10. The van der Waals surface area contributed by atoms with Gasteiger partial charge in [-0.15, -0.1) is 0 Å². The standard InChI is InChI=1S/C23H29NO6/c1-16(27)17-7-9-19(10-8-17)24-22(28)30-21(23(2,3)11-12-25)18-5-4-6-20(15-18)29-14-13-26/h4-10,15,21,25-26H,11-14H2,1-3H3,(H,24,28)/t21-/m1/s1. The van der Waals surface area contributed by atoms with Crippen molar-refractivity contribution in [3.63, 3.8) is 0 Å². The van der Waals surface area contributed by atoms with Crippen molar-refractivity contribution < 1.29 is 29.3 Å². The predicted molar refractivity (Wildman–Crippen MR) is 114 cm³/mol. The largest absolute Gasteiger partial charge is 0.491 e.